The number of carbonyl (C=O) groups is 2. The van der Waals surface area contributed by atoms with Crippen LogP contribution >= 0.6 is 38.4 Å². The third kappa shape index (κ3) is 7.79. The minimum Gasteiger partial charge on any atom is -0.374 e. The van der Waals surface area contributed by atoms with Gasteiger partial charge in [-0.3, -0.25) is 13.9 Å². The number of carbonyl (C=O) groups excluding carboxylic acids is 2. The lowest BCUT2D eigenvalue weighted by Crippen LogP contribution is -2.50. The lowest BCUT2D eigenvalue weighted by molar-refractivity contribution is -0.122. The first-order chi connectivity index (χ1) is 17.6. The normalized spacial score (nSPS) is 19.7. The van der Waals surface area contributed by atoms with Crippen LogP contribution < -0.4 is 15.1 Å². The molecule has 12 nitrogen and oxygen atoms in total. The molecule has 38 heavy (non-hydrogen) atoms. The molecule has 1 saturated carbocycles. The monoisotopic (exact) mass is 618 g/mol. The van der Waals surface area contributed by atoms with E-state index in [1.807, 2.05) is 0 Å². The molecule has 1 aromatic carbocycles. The molecule has 0 radical (unpaired) electrons. The van der Waals surface area contributed by atoms with E-state index in [9.17, 15) is 43.4 Å². The van der Waals surface area contributed by atoms with Gasteiger partial charge in [0.1, 0.15) is 24.8 Å². The predicted octanol–water partition coefficient (Wildman–Crippen LogP) is 2.49. The summed E-state index contributed by atoms with van der Waals surface area (Å²) in [5.41, 5.74) is 1.34. The molecule has 16 heteroatoms. The van der Waals surface area contributed by atoms with Crippen molar-refractivity contribution in [3.63, 3.8) is 0 Å². The standard InChI is InChI=1S/C22H35Cl2N3O9P2/c1-16(25-18-5-7-19(8-6-18)27(15-28,13-11-23)14-12-24)21(29)26-20-4-2-3-17(20)9-10-22(30,37(31,32)33)38(34,35)36/h5-8,15-17,20,25,30H,2-4,9-14H2,1H3,(H4-,26,29,31,32,33,34,35,36)/p+1/t16-,17?,20?/m0/s1. The van der Waals surface area contributed by atoms with E-state index in [0.29, 0.717) is 43.7 Å². The van der Waals surface area contributed by atoms with Crippen LogP contribution in [-0.2, 0) is 18.7 Å². The third-order valence-electron chi connectivity index (χ3n) is 7.10. The molecule has 3 atom stereocenters. The van der Waals surface area contributed by atoms with E-state index in [0.717, 1.165) is 6.41 Å². The summed E-state index contributed by atoms with van der Waals surface area (Å²) in [6.45, 7) is 2.41. The molecular weight excluding hydrogens is 583 g/mol. The van der Waals surface area contributed by atoms with Gasteiger partial charge < -0.3 is 35.3 Å². The van der Waals surface area contributed by atoms with Crippen molar-refractivity contribution >= 4 is 62.1 Å². The second kappa shape index (κ2) is 13.5. The van der Waals surface area contributed by atoms with Gasteiger partial charge in [-0.25, -0.2) is 9.28 Å². The van der Waals surface area contributed by atoms with Crippen molar-refractivity contribution in [2.75, 3.05) is 30.2 Å². The number of hydrogen-bond acceptors (Lipinski definition) is 6. The van der Waals surface area contributed by atoms with Crippen molar-refractivity contribution in [3.8, 4) is 0 Å². The van der Waals surface area contributed by atoms with Gasteiger partial charge >= 0.3 is 21.6 Å². The zero-order valence-electron chi connectivity index (χ0n) is 20.9. The highest BCUT2D eigenvalue weighted by Gasteiger charge is 2.59. The van der Waals surface area contributed by atoms with E-state index in [4.69, 9.17) is 23.2 Å². The quantitative estimate of drug-likeness (QED) is 0.0664. The van der Waals surface area contributed by atoms with Crippen LogP contribution in [0.4, 0.5) is 11.4 Å². The molecule has 1 aliphatic carbocycles. The smallest absolute Gasteiger partial charge is 0.369 e. The molecule has 2 amide bonds. The number of quaternary nitrogens is 1. The van der Waals surface area contributed by atoms with Crippen molar-refractivity contribution in [2.45, 2.75) is 56.2 Å². The number of halogens is 2. The van der Waals surface area contributed by atoms with Gasteiger partial charge in [0.05, 0.1) is 11.8 Å². The first kappa shape index (κ1) is 33.2. The van der Waals surface area contributed by atoms with Crippen molar-refractivity contribution < 1.29 is 43.4 Å². The van der Waals surface area contributed by atoms with E-state index < -0.39 is 32.7 Å². The summed E-state index contributed by atoms with van der Waals surface area (Å²) < 4.78 is 23.2. The summed E-state index contributed by atoms with van der Waals surface area (Å²) >= 11 is 11.8. The largest absolute Gasteiger partial charge is 0.374 e. The van der Waals surface area contributed by atoms with Crippen molar-refractivity contribution in [3.05, 3.63) is 24.3 Å². The van der Waals surface area contributed by atoms with Crippen LogP contribution in [0.25, 0.3) is 0 Å². The van der Waals surface area contributed by atoms with Crippen LogP contribution in [0.3, 0.4) is 0 Å². The summed E-state index contributed by atoms with van der Waals surface area (Å²) in [5, 5.41) is 12.7. The van der Waals surface area contributed by atoms with Crippen LogP contribution in [0.5, 0.6) is 0 Å². The molecule has 0 aromatic heterocycles. The highest BCUT2D eigenvalue weighted by atomic mass is 35.5. The van der Waals surface area contributed by atoms with Crippen LogP contribution in [0.15, 0.2) is 24.3 Å². The maximum absolute atomic E-state index is 12.9. The Morgan fingerprint density at radius 2 is 1.66 bits per heavy atom. The Balaban J connectivity index is 2.02. The Morgan fingerprint density at radius 1 is 1.11 bits per heavy atom. The number of aliphatic hydroxyl groups is 1. The summed E-state index contributed by atoms with van der Waals surface area (Å²) in [6, 6.07) is 5.94. The molecular formula is C22H36Cl2N3O9P2+. The second-order valence-corrected chi connectivity index (χ2v) is 14.3. The van der Waals surface area contributed by atoms with E-state index in [1.165, 1.54) is 0 Å². The fourth-order valence-corrected chi connectivity index (χ4v) is 7.53. The molecule has 1 fully saturated rings. The summed E-state index contributed by atoms with van der Waals surface area (Å²) in [7, 11) is -11.1. The minimum atomic E-state index is -5.53. The molecule has 216 valence electrons. The molecule has 0 spiro atoms. The summed E-state index contributed by atoms with van der Waals surface area (Å²) in [4.78, 5) is 62.1. The van der Waals surface area contributed by atoms with Crippen LogP contribution in [-0.4, -0.2) is 79.0 Å². The minimum absolute atomic E-state index is 0.0223. The Bertz CT molecular complexity index is 1020. The van der Waals surface area contributed by atoms with Crippen molar-refractivity contribution in [2.24, 2.45) is 5.92 Å². The fourth-order valence-electron chi connectivity index (χ4n) is 4.73. The number of nitrogens with zero attached hydrogens (tertiary/aromatic N) is 1. The predicted molar refractivity (Wildman–Crippen MR) is 146 cm³/mol. The van der Waals surface area contributed by atoms with Gasteiger partial charge in [0.15, 0.2) is 0 Å². The number of anilines is 1. The van der Waals surface area contributed by atoms with Gasteiger partial charge in [0.25, 0.3) is 5.08 Å². The van der Waals surface area contributed by atoms with E-state index >= 15 is 0 Å². The maximum Gasteiger partial charge on any atom is 0.369 e. The maximum atomic E-state index is 12.9. The number of alkyl halides is 2. The molecule has 2 rings (SSSR count). The average Bonchev–Trinajstić information content (AvgIpc) is 3.28. The fraction of sp³-hybridized carbons (Fsp3) is 0.636. The van der Waals surface area contributed by atoms with Gasteiger partial charge in [0, 0.05) is 30.3 Å². The van der Waals surface area contributed by atoms with Gasteiger partial charge in [0.2, 0.25) is 5.91 Å². The SMILES string of the molecule is C[C@H](Nc1ccc([N+](C=O)(CCCl)CCCl)cc1)C(=O)NC1CCCC1CCC(O)(P(=O)(O)O)P(=O)(O)O. The summed E-state index contributed by atoms with van der Waals surface area (Å²) in [5.74, 6) is -0.124. The topological polar surface area (TPSA) is 193 Å². The number of rotatable bonds is 15. The number of nitrogens with one attached hydrogen (secondary N) is 2. The second-order valence-electron chi connectivity index (χ2n) is 9.58. The molecule has 1 aliphatic rings. The van der Waals surface area contributed by atoms with Gasteiger partial charge in [-0.15, -0.1) is 23.2 Å². The highest BCUT2D eigenvalue weighted by Crippen LogP contribution is 2.69. The molecule has 2 unspecified atom stereocenters. The molecule has 1 aromatic rings. The third-order valence-corrected chi connectivity index (χ3v) is 11.3. The molecule has 0 bridgehead atoms. The van der Waals surface area contributed by atoms with Gasteiger partial charge in [-0.05, 0) is 44.2 Å². The number of benzene rings is 1. The van der Waals surface area contributed by atoms with Crippen molar-refractivity contribution in [1.29, 1.82) is 0 Å². The number of hydrogen-bond donors (Lipinski definition) is 7. The number of amides is 2. The molecule has 0 heterocycles. The van der Waals surface area contributed by atoms with Crippen LogP contribution in [0.1, 0.15) is 39.0 Å². The zero-order valence-corrected chi connectivity index (χ0v) is 24.3. The zero-order chi connectivity index (χ0) is 28.8. The van der Waals surface area contributed by atoms with Crippen LogP contribution in [0.2, 0.25) is 0 Å². The van der Waals surface area contributed by atoms with Crippen molar-refractivity contribution in [1.82, 2.24) is 9.80 Å². The van der Waals surface area contributed by atoms with E-state index in [1.54, 1.807) is 31.2 Å². The summed E-state index contributed by atoms with van der Waals surface area (Å²) in [6.07, 6.45) is 1.74. The van der Waals surface area contributed by atoms with E-state index in [-0.39, 0.29) is 40.5 Å². The lowest BCUT2D eigenvalue weighted by atomic mass is 9.97. The van der Waals surface area contributed by atoms with E-state index in [2.05, 4.69) is 10.6 Å². The Morgan fingerprint density at radius 3 is 2.13 bits per heavy atom. The van der Waals surface area contributed by atoms with Gasteiger partial charge in [-0.1, -0.05) is 6.42 Å². The molecule has 0 saturated heterocycles. The molecule has 0 aliphatic heterocycles. The first-order valence-electron chi connectivity index (χ1n) is 12.1. The Kier molecular flexibility index (Phi) is 11.8. The van der Waals surface area contributed by atoms with Crippen LogP contribution in [0, 0.1) is 5.92 Å². The Hall–Kier alpha value is -1.04. The highest BCUT2D eigenvalue weighted by molar-refractivity contribution is 7.72. The van der Waals surface area contributed by atoms with Gasteiger partial charge in [-0.2, -0.15) is 0 Å². The first-order valence-corrected chi connectivity index (χ1v) is 16.4. The lowest BCUT2D eigenvalue weighted by Gasteiger charge is -2.31. The molecule has 7 N–H and O–H groups in total. The average molecular weight is 619 g/mol. The Labute approximate surface area is 231 Å².